The van der Waals surface area contributed by atoms with E-state index < -0.39 is 5.82 Å². The molecule has 0 aliphatic rings. The van der Waals surface area contributed by atoms with E-state index in [0.29, 0.717) is 5.69 Å². The Balaban J connectivity index is 2.31. The zero-order valence-electron chi connectivity index (χ0n) is 9.51. The van der Waals surface area contributed by atoms with Crippen molar-refractivity contribution in [3.63, 3.8) is 0 Å². The first kappa shape index (κ1) is 11.8. The number of nitrogens with zero attached hydrogens (tertiary/aromatic N) is 3. The zero-order chi connectivity index (χ0) is 13.1. The third-order valence-corrected chi connectivity index (χ3v) is 2.13. The van der Waals surface area contributed by atoms with Gasteiger partial charge in [0.2, 0.25) is 0 Å². The van der Waals surface area contributed by atoms with Gasteiger partial charge in [0.1, 0.15) is 23.3 Å². The average Bonchev–Trinajstić information content (AvgIpc) is 2.33. The van der Waals surface area contributed by atoms with E-state index in [1.807, 2.05) is 6.07 Å². The monoisotopic (exact) mass is 244 g/mol. The summed E-state index contributed by atoms with van der Waals surface area (Å²) in [4.78, 5) is 7.84. The van der Waals surface area contributed by atoms with Crippen LogP contribution < -0.4 is 10.5 Å². The van der Waals surface area contributed by atoms with E-state index in [2.05, 4.69) is 9.97 Å². The van der Waals surface area contributed by atoms with Gasteiger partial charge < -0.3 is 10.5 Å². The summed E-state index contributed by atoms with van der Waals surface area (Å²) in [5.74, 6) is -0.364. The van der Waals surface area contributed by atoms with Gasteiger partial charge in [0.05, 0.1) is 5.69 Å². The SMILES string of the molecule is Cc1cc(C#N)nc(Oc2ccc(N)c(F)c2)n1. The van der Waals surface area contributed by atoms with Gasteiger partial charge in [0, 0.05) is 11.8 Å². The van der Waals surface area contributed by atoms with Crippen molar-refractivity contribution in [2.45, 2.75) is 6.92 Å². The van der Waals surface area contributed by atoms with E-state index in [0.717, 1.165) is 6.07 Å². The minimum atomic E-state index is -0.583. The molecule has 0 amide bonds. The van der Waals surface area contributed by atoms with Gasteiger partial charge in [-0.2, -0.15) is 10.2 Å². The van der Waals surface area contributed by atoms with Crippen molar-refractivity contribution in [1.29, 1.82) is 5.26 Å². The van der Waals surface area contributed by atoms with Crippen LogP contribution in [-0.4, -0.2) is 9.97 Å². The topological polar surface area (TPSA) is 84.8 Å². The second-order valence-corrected chi connectivity index (χ2v) is 3.57. The molecule has 1 aromatic carbocycles. The standard InChI is InChI=1S/C12H9FN4O/c1-7-4-8(6-14)17-12(16-7)18-9-2-3-11(15)10(13)5-9/h2-5H,15H2,1H3. The lowest BCUT2D eigenvalue weighted by Gasteiger charge is -2.05. The van der Waals surface area contributed by atoms with Crippen LogP contribution in [0.4, 0.5) is 10.1 Å². The van der Waals surface area contributed by atoms with Crippen molar-refractivity contribution >= 4 is 5.69 Å². The summed E-state index contributed by atoms with van der Waals surface area (Å²) in [6, 6.07) is 7.42. The van der Waals surface area contributed by atoms with Crippen LogP contribution in [-0.2, 0) is 0 Å². The first-order valence-electron chi connectivity index (χ1n) is 5.07. The van der Waals surface area contributed by atoms with E-state index >= 15 is 0 Å². The summed E-state index contributed by atoms with van der Waals surface area (Å²) in [6.07, 6.45) is 0. The van der Waals surface area contributed by atoms with Crippen LogP contribution in [0, 0.1) is 24.1 Å². The van der Waals surface area contributed by atoms with Crippen molar-refractivity contribution in [3.8, 4) is 17.8 Å². The summed E-state index contributed by atoms with van der Waals surface area (Å²) in [7, 11) is 0. The van der Waals surface area contributed by atoms with Gasteiger partial charge in [-0.15, -0.1) is 0 Å². The lowest BCUT2D eigenvalue weighted by Crippen LogP contribution is -1.97. The molecule has 0 spiro atoms. The largest absolute Gasteiger partial charge is 0.424 e. The van der Waals surface area contributed by atoms with E-state index in [4.69, 9.17) is 15.7 Å². The number of rotatable bonds is 2. The summed E-state index contributed by atoms with van der Waals surface area (Å²) < 4.78 is 18.5. The molecule has 0 saturated heterocycles. The molecule has 0 atom stereocenters. The van der Waals surface area contributed by atoms with Crippen molar-refractivity contribution in [2.75, 3.05) is 5.73 Å². The van der Waals surface area contributed by atoms with E-state index in [9.17, 15) is 4.39 Å². The van der Waals surface area contributed by atoms with Crippen molar-refractivity contribution in [3.05, 3.63) is 41.5 Å². The zero-order valence-corrected chi connectivity index (χ0v) is 9.51. The fourth-order valence-corrected chi connectivity index (χ4v) is 1.32. The number of hydrogen-bond donors (Lipinski definition) is 1. The molecule has 0 fully saturated rings. The molecule has 2 aromatic rings. The highest BCUT2D eigenvalue weighted by molar-refractivity contribution is 5.44. The van der Waals surface area contributed by atoms with Crippen LogP contribution in [0.5, 0.6) is 11.8 Å². The molecule has 90 valence electrons. The van der Waals surface area contributed by atoms with Gasteiger partial charge in [0.25, 0.3) is 0 Å². The molecule has 18 heavy (non-hydrogen) atoms. The molecule has 6 heteroatoms. The molecule has 1 aromatic heterocycles. The molecular formula is C12H9FN4O. The number of nitrogens with two attached hydrogens (primary N) is 1. The van der Waals surface area contributed by atoms with Crippen molar-refractivity contribution in [2.24, 2.45) is 0 Å². The van der Waals surface area contributed by atoms with E-state index in [-0.39, 0.29) is 23.1 Å². The third-order valence-electron chi connectivity index (χ3n) is 2.13. The molecule has 2 N–H and O–H groups in total. The normalized spacial score (nSPS) is 9.83. The van der Waals surface area contributed by atoms with Crippen LogP contribution in [0.2, 0.25) is 0 Å². The van der Waals surface area contributed by atoms with Crippen LogP contribution >= 0.6 is 0 Å². The number of nitrogen functional groups attached to an aromatic ring is 1. The predicted molar refractivity (Wildman–Crippen MR) is 62.4 cm³/mol. The maximum Gasteiger partial charge on any atom is 0.323 e. The van der Waals surface area contributed by atoms with Crippen LogP contribution in [0.25, 0.3) is 0 Å². The Morgan fingerprint density at radius 1 is 1.33 bits per heavy atom. The summed E-state index contributed by atoms with van der Waals surface area (Å²) >= 11 is 0. The van der Waals surface area contributed by atoms with Crippen LogP contribution in [0.1, 0.15) is 11.4 Å². The van der Waals surface area contributed by atoms with Gasteiger partial charge in [-0.3, -0.25) is 0 Å². The summed E-state index contributed by atoms with van der Waals surface area (Å²) in [5, 5.41) is 8.76. The lowest BCUT2D eigenvalue weighted by atomic mass is 10.3. The van der Waals surface area contributed by atoms with Gasteiger partial charge in [-0.1, -0.05) is 0 Å². The molecule has 0 aliphatic carbocycles. The van der Waals surface area contributed by atoms with Gasteiger partial charge in [0.15, 0.2) is 0 Å². The molecule has 2 rings (SSSR count). The highest BCUT2D eigenvalue weighted by Crippen LogP contribution is 2.22. The number of anilines is 1. The van der Waals surface area contributed by atoms with Crippen LogP contribution in [0.3, 0.4) is 0 Å². The smallest absolute Gasteiger partial charge is 0.323 e. The Morgan fingerprint density at radius 3 is 2.78 bits per heavy atom. The number of hydrogen-bond acceptors (Lipinski definition) is 5. The fourth-order valence-electron chi connectivity index (χ4n) is 1.32. The maximum atomic E-state index is 13.2. The molecule has 0 aliphatic heterocycles. The number of aryl methyl sites for hydroxylation is 1. The van der Waals surface area contributed by atoms with E-state index in [1.165, 1.54) is 18.2 Å². The first-order chi connectivity index (χ1) is 8.58. The molecule has 0 unspecified atom stereocenters. The highest BCUT2D eigenvalue weighted by Gasteiger charge is 2.06. The summed E-state index contributed by atoms with van der Waals surface area (Å²) in [5.41, 5.74) is 6.16. The molecule has 0 saturated carbocycles. The van der Waals surface area contributed by atoms with Crippen molar-refractivity contribution < 1.29 is 9.13 Å². The number of ether oxygens (including phenoxy) is 1. The Bertz CT molecular complexity index is 636. The minimum absolute atomic E-state index is 0.00396. The summed E-state index contributed by atoms with van der Waals surface area (Å²) in [6.45, 7) is 1.71. The van der Waals surface area contributed by atoms with Gasteiger partial charge in [-0.25, -0.2) is 9.37 Å². The second kappa shape index (κ2) is 4.67. The highest BCUT2D eigenvalue weighted by atomic mass is 19.1. The molecular weight excluding hydrogens is 235 g/mol. The average molecular weight is 244 g/mol. The Hall–Kier alpha value is -2.68. The molecule has 0 radical (unpaired) electrons. The predicted octanol–water partition coefficient (Wildman–Crippen LogP) is 2.17. The number of benzene rings is 1. The van der Waals surface area contributed by atoms with Gasteiger partial charge in [-0.05, 0) is 25.1 Å². The maximum absolute atomic E-state index is 13.2. The van der Waals surface area contributed by atoms with E-state index in [1.54, 1.807) is 6.92 Å². The first-order valence-corrected chi connectivity index (χ1v) is 5.07. The number of halogens is 1. The van der Waals surface area contributed by atoms with Gasteiger partial charge >= 0.3 is 6.01 Å². The lowest BCUT2D eigenvalue weighted by molar-refractivity contribution is 0.436. The van der Waals surface area contributed by atoms with Crippen molar-refractivity contribution in [1.82, 2.24) is 9.97 Å². The third kappa shape index (κ3) is 2.52. The number of nitriles is 1. The second-order valence-electron chi connectivity index (χ2n) is 3.57. The quantitative estimate of drug-likeness (QED) is 0.818. The molecule has 5 nitrogen and oxygen atoms in total. The minimum Gasteiger partial charge on any atom is -0.424 e. The fraction of sp³-hybridized carbons (Fsp3) is 0.0833. The molecule has 0 bridgehead atoms. The van der Waals surface area contributed by atoms with Crippen LogP contribution in [0.15, 0.2) is 24.3 Å². The Labute approximate surface area is 103 Å². The Morgan fingerprint density at radius 2 is 2.11 bits per heavy atom. The Kier molecular flexibility index (Phi) is 3.06. The number of aromatic nitrogens is 2. The molecule has 1 heterocycles.